The van der Waals surface area contributed by atoms with Crippen LogP contribution >= 0.6 is 0 Å². The van der Waals surface area contributed by atoms with Crippen LogP contribution in [0.1, 0.15) is 0 Å². The van der Waals surface area contributed by atoms with Crippen molar-refractivity contribution in [3.05, 3.63) is 267 Å². The highest BCUT2D eigenvalue weighted by molar-refractivity contribution is 6.10. The van der Waals surface area contributed by atoms with E-state index in [1.54, 1.807) is 0 Å². The highest BCUT2D eigenvalue weighted by Gasteiger charge is 2.17. The summed E-state index contributed by atoms with van der Waals surface area (Å²) in [6.07, 6.45) is 0. The summed E-state index contributed by atoms with van der Waals surface area (Å²) in [7, 11) is 0. The number of aromatic nitrogens is 2. The van der Waals surface area contributed by atoms with Gasteiger partial charge in [-0.1, -0.05) is 200 Å². The van der Waals surface area contributed by atoms with Crippen LogP contribution in [-0.2, 0) is 0 Å². The van der Waals surface area contributed by atoms with Crippen LogP contribution in [-0.4, -0.2) is 9.13 Å². The van der Waals surface area contributed by atoms with E-state index in [-0.39, 0.29) is 0 Å². The van der Waals surface area contributed by atoms with Gasteiger partial charge in [0.05, 0.1) is 22.1 Å². The van der Waals surface area contributed by atoms with Gasteiger partial charge in [-0.25, -0.2) is 0 Å². The van der Waals surface area contributed by atoms with Gasteiger partial charge in [0.25, 0.3) is 0 Å². The first-order valence-corrected chi connectivity index (χ1v) is 23.4. The van der Waals surface area contributed by atoms with Crippen LogP contribution < -0.4 is 0 Å². The Morgan fingerprint density at radius 1 is 0.176 bits per heavy atom. The number of nitrogens with zero attached hydrogens (tertiary/aromatic N) is 2. The van der Waals surface area contributed by atoms with Crippen LogP contribution in [0.15, 0.2) is 267 Å². The van der Waals surface area contributed by atoms with E-state index >= 15 is 0 Å². The summed E-state index contributed by atoms with van der Waals surface area (Å²) in [5.41, 5.74) is 21.4. The van der Waals surface area contributed by atoms with Crippen molar-refractivity contribution in [3.63, 3.8) is 0 Å². The summed E-state index contributed by atoms with van der Waals surface area (Å²) in [6, 6.07) is 97.5. The molecule has 0 radical (unpaired) electrons. The molecule has 2 heterocycles. The monoisotopic (exact) mass is 864 g/mol. The largest absolute Gasteiger partial charge is 0.309 e. The van der Waals surface area contributed by atoms with Crippen molar-refractivity contribution in [3.8, 4) is 78.1 Å². The van der Waals surface area contributed by atoms with Crippen LogP contribution in [0.2, 0.25) is 0 Å². The summed E-state index contributed by atoms with van der Waals surface area (Å²) in [4.78, 5) is 0. The predicted octanol–water partition coefficient (Wildman–Crippen LogP) is 17.9. The highest BCUT2D eigenvalue weighted by Crippen LogP contribution is 2.41. The molecule has 2 nitrogen and oxygen atoms in total. The third-order valence-electron chi connectivity index (χ3n) is 13.8. The van der Waals surface area contributed by atoms with Crippen LogP contribution in [0, 0.1) is 0 Å². The van der Waals surface area contributed by atoms with Gasteiger partial charge < -0.3 is 9.13 Å². The normalized spacial score (nSPS) is 11.5. The molecule has 0 bridgehead atoms. The molecule has 0 amide bonds. The SMILES string of the molecule is c1ccc(-c2cccc(-c3ccccc3-c3cccc(-c4ccc(-c5ccc(-n6c7ccccc7c7ccccc76)cc5)cc4-c4ccc(-n5c6ccccc6c6ccccc65)cc4)c3)c2)cc1. The Bertz CT molecular complexity index is 3890. The lowest BCUT2D eigenvalue weighted by Crippen LogP contribution is -1.95. The summed E-state index contributed by atoms with van der Waals surface area (Å²) in [5.74, 6) is 0. The Balaban J connectivity index is 0.927. The smallest absolute Gasteiger partial charge is 0.0541 e. The zero-order valence-electron chi connectivity index (χ0n) is 37.3. The molecule has 2 heteroatoms. The first-order valence-electron chi connectivity index (χ1n) is 23.4. The zero-order chi connectivity index (χ0) is 45.0. The standard InChI is InChI=1S/C66H44N2/c1-2-16-45(17-3-1)48-18-14-19-50(42-48)55-22-4-5-23-56(55)51-20-15-21-52(43-51)57-41-36-49(46-32-37-53(38-33-46)67-63-28-10-6-24-58(63)59-25-7-11-29-64(59)67)44-62(57)47-34-39-54(40-35-47)68-65-30-12-8-26-60(65)61-27-9-13-31-66(61)68/h1-44H. The Morgan fingerprint density at radius 3 is 0.985 bits per heavy atom. The quantitative estimate of drug-likeness (QED) is 0.144. The first kappa shape index (κ1) is 39.4. The van der Waals surface area contributed by atoms with E-state index < -0.39 is 0 Å². The molecule has 0 aliphatic rings. The third-order valence-corrected chi connectivity index (χ3v) is 13.8. The molecule has 0 aliphatic carbocycles. The Kier molecular flexibility index (Phi) is 9.54. The molecule has 318 valence electrons. The fraction of sp³-hybridized carbons (Fsp3) is 0. The summed E-state index contributed by atoms with van der Waals surface area (Å²) < 4.78 is 4.77. The molecule has 11 aromatic carbocycles. The summed E-state index contributed by atoms with van der Waals surface area (Å²) >= 11 is 0. The summed E-state index contributed by atoms with van der Waals surface area (Å²) in [6.45, 7) is 0. The van der Waals surface area contributed by atoms with E-state index in [0.717, 1.165) is 16.9 Å². The topological polar surface area (TPSA) is 9.86 Å². The van der Waals surface area contributed by atoms with Crippen molar-refractivity contribution in [1.29, 1.82) is 0 Å². The van der Waals surface area contributed by atoms with Crippen molar-refractivity contribution in [1.82, 2.24) is 9.13 Å². The minimum Gasteiger partial charge on any atom is -0.309 e. The van der Waals surface area contributed by atoms with Crippen LogP contribution in [0.5, 0.6) is 0 Å². The van der Waals surface area contributed by atoms with Gasteiger partial charge in [-0.05, 0) is 133 Å². The number of rotatable bonds is 8. The lowest BCUT2D eigenvalue weighted by Gasteiger charge is -2.17. The van der Waals surface area contributed by atoms with Crippen LogP contribution in [0.3, 0.4) is 0 Å². The molecule has 13 rings (SSSR count). The predicted molar refractivity (Wildman–Crippen MR) is 288 cm³/mol. The molecule has 13 aromatic rings. The van der Waals surface area contributed by atoms with Gasteiger partial charge in [0.2, 0.25) is 0 Å². The molecule has 2 aromatic heterocycles. The Labute approximate surface area is 395 Å². The Hall–Kier alpha value is -8.98. The minimum absolute atomic E-state index is 1.14. The van der Waals surface area contributed by atoms with E-state index in [1.165, 1.54) is 105 Å². The van der Waals surface area contributed by atoms with Crippen molar-refractivity contribution in [2.75, 3.05) is 0 Å². The minimum atomic E-state index is 1.14. The van der Waals surface area contributed by atoms with Gasteiger partial charge in [-0.2, -0.15) is 0 Å². The van der Waals surface area contributed by atoms with E-state index in [9.17, 15) is 0 Å². The molecular weight excluding hydrogens is 821 g/mol. The molecule has 0 saturated heterocycles. The fourth-order valence-electron chi connectivity index (χ4n) is 10.5. The summed E-state index contributed by atoms with van der Waals surface area (Å²) in [5, 5.41) is 5.05. The van der Waals surface area contributed by atoms with Crippen LogP contribution in [0.25, 0.3) is 122 Å². The molecule has 68 heavy (non-hydrogen) atoms. The molecule has 0 N–H and O–H groups in total. The molecule has 0 aliphatic heterocycles. The van der Waals surface area contributed by atoms with Crippen molar-refractivity contribution in [2.24, 2.45) is 0 Å². The van der Waals surface area contributed by atoms with Crippen molar-refractivity contribution < 1.29 is 0 Å². The number of hydrogen-bond donors (Lipinski definition) is 0. The molecule has 0 atom stereocenters. The number of para-hydroxylation sites is 4. The van der Waals surface area contributed by atoms with Gasteiger partial charge >= 0.3 is 0 Å². The fourth-order valence-corrected chi connectivity index (χ4v) is 10.5. The van der Waals surface area contributed by atoms with Crippen molar-refractivity contribution in [2.45, 2.75) is 0 Å². The number of benzene rings is 11. The number of fused-ring (bicyclic) bond motifs is 6. The number of hydrogen-bond acceptors (Lipinski definition) is 0. The van der Waals surface area contributed by atoms with E-state index in [1.807, 2.05) is 0 Å². The lowest BCUT2D eigenvalue weighted by atomic mass is 9.88. The first-order chi connectivity index (χ1) is 33.7. The van der Waals surface area contributed by atoms with Gasteiger partial charge in [-0.3, -0.25) is 0 Å². The van der Waals surface area contributed by atoms with Gasteiger partial charge in [0.1, 0.15) is 0 Å². The second kappa shape index (κ2) is 16.5. The van der Waals surface area contributed by atoms with Crippen molar-refractivity contribution >= 4 is 43.6 Å². The maximum absolute atomic E-state index is 2.39. The molecule has 0 unspecified atom stereocenters. The third kappa shape index (κ3) is 6.73. The molecular formula is C66H44N2. The van der Waals surface area contributed by atoms with E-state index in [0.29, 0.717) is 0 Å². The molecule has 0 fully saturated rings. The molecule has 0 spiro atoms. The average Bonchev–Trinajstić information content (AvgIpc) is 3.94. The van der Waals surface area contributed by atoms with Gasteiger partial charge in [0.15, 0.2) is 0 Å². The molecule has 0 saturated carbocycles. The van der Waals surface area contributed by atoms with Crippen LogP contribution in [0.4, 0.5) is 0 Å². The maximum Gasteiger partial charge on any atom is 0.0541 e. The van der Waals surface area contributed by atoms with E-state index in [4.69, 9.17) is 0 Å². The van der Waals surface area contributed by atoms with Gasteiger partial charge in [-0.15, -0.1) is 0 Å². The Morgan fingerprint density at radius 2 is 0.500 bits per heavy atom. The maximum atomic E-state index is 2.39. The second-order valence-electron chi connectivity index (χ2n) is 17.7. The second-order valence-corrected chi connectivity index (χ2v) is 17.7. The highest BCUT2D eigenvalue weighted by atomic mass is 15.0. The average molecular weight is 865 g/mol. The van der Waals surface area contributed by atoms with E-state index in [2.05, 4.69) is 276 Å². The van der Waals surface area contributed by atoms with Gasteiger partial charge in [0, 0.05) is 32.9 Å². The lowest BCUT2D eigenvalue weighted by molar-refractivity contribution is 1.18. The zero-order valence-corrected chi connectivity index (χ0v) is 37.3.